The van der Waals surface area contributed by atoms with Crippen LogP contribution in [0.4, 0.5) is 0 Å². The van der Waals surface area contributed by atoms with Crippen molar-refractivity contribution in [1.82, 2.24) is 39.9 Å². The van der Waals surface area contributed by atoms with E-state index in [1.54, 1.807) is 0 Å². The minimum absolute atomic E-state index is 0.571. The Morgan fingerprint density at radius 3 is 0.812 bits per heavy atom. The van der Waals surface area contributed by atoms with Gasteiger partial charge in [0.05, 0.1) is 33.3 Å². The highest BCUT2D eigenvalue weighted by molar-refractivity contribution is 6.16. The summed E-state index contributed by atoms with van der Waals surface area (Å²) in [5.74, 6) is 7.21. The molecule has 128 heavy (non-hydrogen) atoms. The largest absolute Gasteiger partial charge is 0.457 e. The predicted octanol–water partition coefficient (Wildman–Crippen LogP) is 28.8. The van der Waals surface area contributed by atoms with Crippen LogP contribution in [0.25, 0.3) is 179 Å². The fourth-order valence-corrected chi connectivity index (χ4v) is 20.2. The van der Waals surface area contributed by atoms with Crippen LogP contribution in [0.1, 0.15) is 44.5 Å². The van der Waals surface area contributed by atoms with Crippen LogP contribution in [0.3, 0.4) is 0 Å². The highest BCUT2D eigenvalue weighted by atomic mass is 16.5. The SMILES string of the molecule is c1ccc(-c2cccc(-c3nc(-c4ccccc4)nc(-c4ccc5c(c4)nc(-c4ccccc4)c4cc6c(cc45)C4(c5ccccc5Oc5ccccc54)c4ccccc4-6)n3)c2)cc1.c1ccc(-c2nc(-c3ccccc3)nc(-c3ccc(-c4ccc5c(c4)nc(-c4ccccc4)c4cc6c(cc45)C4(c5ccccc5Oc5ccccc54)c4ccccc4-6)cc3)n2)cc1. The molecule has 0 N–H and O–H groups in total. The Hall–Kier alpha value is -17.1. The molecular formula is C118H72N8O2. The summed E-state index contributed by atoms with van der Waals surface area (Å²) in [5.41, 5.74) is 28.9. The standard InChI is InChI=1S/2C59H36N4O/c1-4-17-37(18-5-1)40-23-16-24-41(33-40)57-61-56(39-21-8-3-9-22-39)62-58(63-57)42-31-32-44-45-36-51-46(35-47(45)55(60-52(44)34-42)38-19-6-2-7-20-38)43-25-10-11-26-48(43)59(51)49-27-12-14-29-53(49)64-54-30-15-13-28-50(54)59;1-4-16-38(17-5-1)55-47-35-46-43-22-10-11-23-48(43)59(49-24-12-14-26-53(49)64-54-27-15-13-25-50(54)59)51(46)36-45(47)44-33-32-42(34-52(44)60-55)37-28-30-41(31-29-37)58-62-56(39-18-6-2-7-19-39)61-57(63-58)40-20-8-3-9-21-40/h2*1-36H. The highest BCUT2D eigenvalue weighted by Crippen LogP contribution is 2.65. The van der Waals surface area contributed by atoms with Crippen LogP contribution in [-0.2, 0) is 10.8 Å². The van der Waals surface area contributed by atoms with Crippen molar-refractivity contribution in [2.45, 2.75) is 10.8 Å². The number of aromatic nitrogens is 8. The van der Waals surface area contributed by atoms with Gasteiger partial charge in [0.25, 0.3) is 0 Å². The van der Waals surface area contributed by atoms with Crippen molar-refractivity contribution in [3.8, 4) is 158 Å². The normalized spacial score (nSPS) is 12.9. The van der Waals surface area contributed by atoms with Crippen LogP contribution in [0.5, 0.6) is 23.0 Å². The fourth-order valence-electron chi connectivity index (χ4n) is 20.2. The maximum Gasteiger partial charge on any atom is 0.164 e. The lowest BCUT2D eigenvalue weighted by molar-refractivity contribution is 0.436. The molecule has 2 aliphatic carbocycles. The van der Waals surface area contributed by atoms with Gasteiger partial charge in [0.1, 0.15) is 23.0 Å². The summed E-state index contributed by atoms with van der Waals surface area (Å²) < 4.78 is 13.3. The van der Waals surface area contributed by atoms with Gasteiger partial charge in [-0.05, 0) is 144 Å². The molecule has 4 aliphatic rings. The average molecular weight is 1630 g/mol. The lowest BCUT2D eigenvalue weighted by Crippen LogP contribution is -2.32. The minimum atomic E-state index is -0.596. The van der Waals surface area contributed by atoms with Crippen LogP contribution in [0.15, 0.2) is 437 Å². The number of para-hydroxylation sites is 4. The molecule has 0 amide bonds. The first-order chi connectivity index (χ1) is 63.4. The summed E-state index contributed by atoms with van der Waals surface area (Å²) in [7, 11) is 0. The van der Waals surface area contributed by atoms with E-state index in [-0.39, 0.29) is 0 Å². The quantitative estimate of drug-likeness (QED) is 0.122. The van der Waals surface area contributed by atoms with Gasteiger partial charge < -0.3 is 9.47 Å². The Bertz CT molecular complexity index is 8090. The first kappa shape index (κ1) is 73.6. The summed E-state index contributed by atoms with van der Waals surface area (Å²) in [6.45, 7) is 0. The van der Waals surface area contributed by atoms with E-state index in [1.165, 1.54) is 44.5 Å². The third-order valence-corrected chi connectivity index (χ3v) is 25.9. The van der Waals surface area contributed by atoms with Gasteiger partial charge in [-0.3, -0.25) is 0 Å². The molecule has 0 bridgehead atoms. The van der Waals surface area contributed by atoms with Crippen LogP contribution in [0.2, 0.25) is 0 Å². The van der Waals surface area contributed by atoms with Crippen molar-refractivity contribution < 1.29 is 9.47 Å². The van der Waals surface area contributed by atoms with Crippen LogP contribution < -0.4 is 9.47 Å². The molecule has 6 heterocycles. The number of nitrogens with zero attached hydrogens (tertiary/aromatic N) is 8. The zero-order chi connectivity index (χ0) is 84.4. The molecule has 22 aromatic rings. The second-order valence-corrected chi connectivity index (χ2v) is 33.0. The topological polar surface area (TPSA) is 122 Å². The number of pyridine rings is 2. The molecule has 596 valence electrons. The van der Waals surface area contributed by atoms with Crippen LogP contribution >= 0.6 is 0 Å². The van der Waals surface area contributed by atoms with Crippen molar-refractivity contribution >= 4 is 43.4 Å². The number of ether oxygens (including phenoxy) is 2. The molecular weight excluding hydrogens is 1560 g/mol. The maximum absolute atomic E-state index is 6.66. The van der Waals surface area contributed by atoms with Gasteiger partial charge in [0, 0.05) is 88.3 Å². The fraction of sp³-hybridized carbons (Fsp3) is 0.0169. The van der Waals surface area contributed by atoms with Gasteiger partial charge in [0.2, 0.25) is 0 Å². The molecule has 0 unspecified atom stereocenters. The van der Waals surface area contributed by atoms with Crippen molar-refractivity contribution in [2.24, 2.45) is 0 Å². The first-order valence-corrected chi connectivity index (χ1v) is 43.3. The highest BCUT2D eigenvalue weighted by Gasteiger charge is 2.53. The Morgan fingerprint density at radius 1 is 0.148 bits per heavy atom. The Kier molecular flexibility index (Phi) is 17.2. The molecule has 18 aromatic carbocycles. The molecule has 10 heteroatoms. The van der Waals surface area contributed by atoms with E-state index in [0.29, 0.717) is 34.9 Å². The Morgan fingerprint density at radius 2 is 0.414 bits per heavy atom. The van der Waals surface area contributed by atoms with Gasteiger partial charge in [-0.2, -0.15) is 0 Å². The number of fused-ring (bicyclic) bond motifs is 24. The zero-order valence-electron chi connectivity index (χ0n) is 69.0. The number of hydrogen-bond donors (Lipinski definition) is 0. The van der Waals surface area contributed by atoms with E-state index in [0.717, 1.165) is 167 Å². The van der Waals surface area contributed by atoms with E-state index < -0.39 is 10.8 Å². The average Bonchev–Trinajstić information content (AvgIpc) is 1.51. The summed E-state index contributed by atoms with van der Waals surface area (Å²) in [4.78, 5) is 41.3. The molecule has 0 saturated heterocycles. The van der Waals surface area contributed by atoms with Crippen LogP contribution in [-0.4, -0.2) is 39.9 Å². The van der Waals surface area contributed by atoms with Gasteiger partial charge >= 0.3 is 0 Å². The Labute approximate surface area is 738 Å². The smallest absolute Gasteiger partial charge is 0.164 e. The molecule has 2 spiro atoms. The van der Waals surface area contributed by atoms with E-state index in [1.807, 2.05) is 97.1 Å². The second kappa shape index (κ2) is 29.9. The van der Waals surface area contributed by atoms with E-state index >= 15 is 0 Å². The number of rotatable bonds is 10. The first-order valence-electron chi connectivity index (χ1n) is 43.3. The molecule has 2 aliphatic heterocycles. The monoisotopic (exact) mass is 1630 g/mol. The van der Waals surface area contributed by atoms with E-state index in [9.17, 15) is 0 Å². The van der Waals surface area contributed by atoms with Crippen LogP contribution in [0, 0.1) is 0 Å². The second-order valence-electron chi connectivity index (χ2n) is 33.0. The lowest BCUT2D eigenvalue weighted by atomic mass is 9.66. The molecule has 0 fully saturated rings. The van der Waals surface area contributed by atoms with Crippen molar-refractivity contribution in [1.29, 1.82) is 0 Å². The van der Waals surface area contributed by atoms with Crippen molar-refractivity contribution in [3.63, 3.8) is 0 Å². The molecule has 0 atom stereocenters. The van der Waals surface area contributed by atoms with Gasteiger partial charge in [-0.15, -0.1) is 0 Å². The number of benzene rings is 18. The minimum Gasteiger partial charge on any atom is -0.457 e. The van der Waals surface area contributed by atoms with Gasteiger partial charge in [0.15, 0.2) is 34.9 Å². The molecule has 0 saturated carbocycles. The molecule has 0 radical (unpaired) electrons. The maximum atomic E-state index is 6.66. The molecule has 10 nitrogen and oxygen atoms in total. The summed E-state index contributed by atoms with van der Waals surface area (Å²) in [6, 6.07) is 153. The molecule has 26 rings (SSSR count). The number of hydrogen-bond acceptors (Lipinski definition) is 10. The summed E-state index contributed by atoms with van der Waals surface area (Å²) in [5, 5.41) is 6.66. The lowest BCUT2D eigenvalue weighted by Gasteiger charge is -2.39. The van der Waals surface area contributed by atoms with Crippen molar-refractivity contribution in [3.05, 3.63) is 481 Å². The van der Waals surface area contributed by atoms with Gasteiger partial charge in [-0.1, -0.05) is 370 Å². The third-order valence-electron chi connectivity index (χ3n) is 25.9. The Balaban J connectivity index is 0.000000139. The van der Waals surface area contributed by atoms with E-state index in [2.05, 4.69) is 340 Å². The molecule has 4 aromatic heterocycles. The van der Waals surface area contributed by atoms with Crippen molar-refractivity contribution in [2.75, 3.05) is 0 Å². The summed E-state index contributed by atoms with van der Waals surface area (Å²) >= 11 is 0. The predicted molar refractivity (Wildman–Crippen MR) is 514 cm³/mol. The third kappa shape index (κ3) is 11.9. The van der Waals surface area contributed by atoms with E-state index in [4.69, 9.17) is 49.3 Å². The summed E-state index contributed by atoms with van der Waals surface area (Å²) in [6.07, 6.45) is 0. The zero-order valence-corrected chi connectivity index (χ0v) is 69.0. The van der Waals surface area contributed by atoms with Gasteiger partial charge in [-0.25, -0.2) is 39.9 Å².